The summed E-state index contributed by atoms with van der Waals surface area (Å²) in [6, 6.07) is 8.47. The van der Waals surface area contributed by atoms with Gasteiger partial charge in [0.05, 0.1) is 6.61 Å². The number of esters is 1. The van der Waals surface area contributed by atoms with Crippen molar-refractivity contribution in [1.29, 1.82) is 0 Å². The van der Waals surface area contributed by atoms with Crippen molar-refractivity contribution in [2.24, 2.45) is 0 Å². The second kappa shape index (κ2) is 5.53. The second-order valence-corrected chi connectivity index (χ2v) is 4.54. The summed E-state index contributed by atoms with van der Waals surface area (Å²) in [7, 11) is 0. The van der Waals surface area contributed by atoms with E-state index in [0.29, 0.717) is 5.56 Å². The van der Waals surface area contributed by atoms with E-state index in [1.54, 1.807) is 37.3 Å². The fourth-order valence-corrected chi connectivity index (χ4v) is 1.54. The van der Waals surface area contributed by atoms with Crippen molar-refractivity contribution in [1.82, 2.24) is 0 Å². The van der Waals surface area contributed by atoms with Crippen LogP contribution in [0.5, 0.6) is 0 Å². The van der Waals surface area contributed by atoms with E-state index in [9.17, 15) is 9.90 Å². The van der Waals surface area contributed by atoms with Crippen LogP contribution in [0.15, 0.2) is 30.3 Å². The highest BCUT2D eigenvalue weighted by atomic mass is 35.5. The van der Waals surface area contributed by atoms with Crippen LogP contribution < -0.4 is 0 Å². The van der Waals surface area contributed by atoms with Gasteiger partial charge in [0.25, 0.3) is 0 Å². The van der Waals surface area contributed by atoms with Gasteiger partial charge in [0, 0.05) is 0 Å². The molecule has 0 saturated carbocycles. The monoisotopic (exact) mass is 262 g/mol. The minimum absolute atomic E-state index is 0.154. The van der Waals surface area contributed by atoms with Crippen LogP contribution in [-0.4, -0.2) is 22.0 Å². The van der Waals surface area contributed by atoms with Crippen LogP contribution in [0.2, 0.25) is 0 Å². The van der Waals surface area contributed by atoms with Crippen LogP contribution in [0.1, 0.15) is 18.6 Å². The number of carbonyl (C=O) groups excluding carboxylic acids is 1. The van der Waals surface area contributed by atoms with Gasteiger partial charge in [-0.25, -0.2) is 4.79 Å². The van der Waals surface area contributed by atoms with Gasteiger partial charge in [-0.1, -0.05) is 53.5 Å². The zero-order valence-corrected chi connectivity index (χ0v) is 10.2. The highest BCUT2D eigenvalue weighted by Crippen LogP contribution is 2.37. The maximum atomic E-state index is 11.4. The maximum Gasteiger partial charge on any atom is 0.345 e. The molecule has 1 atom stereocenters. The molecule has 0 fully saturated rings. The van der Waals surface area contributed by atoms with Gasteiger partial charge in [-0.2, -0.15) is 0 Å². The third kappa shape index (κ3) is 2.88. The van der Waals surface area contributed by atoms with Gasteiger partial charge < -0.3 is 9.84 Å². The Hall–Kier alpha value is -0.770. The number of aliphatic hydroxyl groups excluding tert-OH is 1. The summed E-state index contributed by atoms with van der Waals surface area (Å²) < 4.78 is 2.70. The first-order valence-electron chi connectivity index (χ1n) is 4.78. The Morgan fingerprint density at radius 2 is 2.00 bits per heavy atom. The Balaban J connectivity index is 2.87. The van der Waals surface area contributed by atoms with Gasteiger partial charge in [0.2, 0.25) is 4.33 Å². The number of hydrogen-bond donors (Lipinski definition) is 1. The molecule has 3 nitrogen and oxygen atoms in total. The van der Waals surface area contributed by atoms with E-state index in [0.717, 1.165) is 0 Å². The molecule has 0 radical (unpaired) electrons. The van der Waals surface area contributed by atoms with Crippen LogP contribution >= 0.6 is 23.2 Å². The van der Waals surface area contributed by atoms with Crippen LogP contribution in [0, 0.1) is 0 Å². The van der Waals surface area contributed by atoms with Crippen molar-refractivity contribution in [2.45, 2.75) is 17.4 Å². The molecule has 5 heteroatoms. The first-order valence-corrected chi connectivity index (χ1v) is 5.53. The second-order valence-electron chi connectivity index (χ2n) is 3.16. The average molecular weight is 263 g/mol. The molecule has 16 heavy (non-hydrogen) atoms. The lowest BCUT2D eigenvalue weighted by Gasteiger charge is -2.23. The van der Waals surface area contributed by atoms with Crippen molar-refractivity contribution in [3.8, 4) is 0 Å². The highest BCUT2D eigenvalue weighted by molar-refractivity contribution is 6.58. The lowest BCUT2D eigenvalue weighted by atomic mass is 10.1. The third-order valence-corrected chi connectivity index (χ3v) is 2.73. The quantitative estimate of drug-likeness (QED) is 0.670. The molecule has 0 aromatic heterocycles. The summed E-state index contributed by atoms with van der Waals surface area (Å²) in [5.41, 5.74) is 0.459. The van der Waals surface area contributed by atoms with Crippen molar-refractivity contribution >= 4 is 29.2 Å². The zero-order valence-electron chi connectivity index (χ0n) is 8.69. The molecular formula is C11H12Cl2O3. The normalized spacial score (nSPS) is 13.2. The molecule has 0 aliphatic rings. The highest BCUT2D eigenvalue weighted by Gasteiger charge is 2.44. The van der Waals surface area contributed by atoms with E-state index in [-0.39, 0.29) is 6.61 Å². The summed E-state index contributed by atoms with van der Waals surface area (Å²) in [6.45, 7) is 1.79. The van der Waals surface area contributed by atoms with Gasteiger partial charge in [-0.15, -0.1) is 0 Å². The molecule has 88 valence electrons. The minimum atomic E-state index is -1.99. The van der Waals surface area contributed by atoms with E-state index in [1.807, 2.05) is 0 Å². The molecule has 1 aromatic rings. The predicted molar refractivity (Wildman–Crippen MR) is 62.5 cm³/mol. The predicted octanol–water partition coefficient (Wildman–Crippen LogP) is 2.46. The minimum Gasteiger partial charge on any atom is -0.464 e. The molecule has 0 unspecified atom stereocenters. The molecule has 0 spiro atoms. The molecule has 0 aliphatic heterocycles. The fraction of sp³-hybridized carbons (Fsp3) is 0.364. The smallest absolute Gasteiger partial charge is 0.345 e. The summed E-state index contributed by atoms with van der Waals surface area (Å²) in [6.07, 6.45) is -1.32. The topological polar surface area (TPSA) is 46.5 Å². The Morgan fingerprint density at radius 3 is 2.50 bits per heavy atom. The first kappa shape index (κ1) is 13.3. The number of rotatable bonds is 4. The Morgan fingerprint density at radius 1 is 1.44 bits per heavy atom. The van der Waals surface area contributed by atoms with E-state index >= 15 is 0 Å². The molecule has 1 aromatic carbocycles. The number of benzene rings is 1. The lowest BCUT2D eigenvalue weighted by Crippen LogP contribution is -2.35. The fourth-order valence-electron chi connectivity index (χ4n) is 1.18. The number of ether oxygens (including phenoxy) is 1. The molecule has 0 heterocycles. The van der Waals surface area contributed by atoms with Crippen LogP contribution in [0.3, 0.4) is 0 Å². The number of alkyl halides is 2. The van der Waals surface area contributed by atoms with Gasteiger partial charge >= 0.3 is 5.97 Å². The van der Waals surface area contributed by atoms with Crippen LogP contribution in [0.4, 0.5) is 0 Å². The Kier molecular flexibility index (Phi) is 4.59. The van der Waals surface area contributed by atoms with E-state index in [1.165, 1.54) is 0 Å². The van der Waals surface area contributed by atoms with Gasteiger partial charge in [-0.3, -0.25) is 0 Å². The van der Waals surface area contributed by atoms with Crippen LogP contribution in [0.25, 0.3) is 0 Å². The first-order chi connectivity index (χ1) is 7.50. The Labute approximate surface area is 104 Å². The zero-order chi connectivity index (χ0) is 12.2. The van der Waals surface area contributed by atoms with Crippen molar-refractivity contribution in [3.63, 3.8) is 0 Å². The van der Waals surface area contributed by atoms with Gasteiger partial charge in [-0.05, 0) is 12.5 Å². The average Bonchev–Trinajstić information content (AvgIpc) is 2.29. The largest absolute Gasteiger partial charge is 0.464 e. The van der Waals surface area contributed by atoms with Crippen LogP contribution in [-0.2, 0) is 9.53 Å². The van der Waals surface area contributed by atoms with Crippen molar-refractivity contribution < 1.29 is 14.6 Å². The molecule has 0 bridgehead atoms. The van der Waals surface area contributed by atoms with Crippen molar-refractivity contribution in [3.05, 3.63) is 35.9 Å². The maximum absolute atomic E-state index is 11.4. The molecule has 0 amide bonds. The lowest BCUT2D eigenvalue weighted by molar-refractivity contribution is -0.146. The number of hydrogen-bond acceptors (Lipinski definition) is 3. The van der Waals surface area contributed by atoms with Gasteiger partial charge in [0.1, 0.15) is 6.10 Å². The summed E-state index contributed by atoms with van der Waals surface area (Å²) in [5, 5.41) is 9.88. The number of halogens is 2. The molecule has 0 aliphatic carbocycles. The van der Waals surface area contributed by atoms with E-state index < -0.39 is 16.4 Å². The number of carbonyl (C=O) groups is 1. The molecule has 1 rings (SSSR count). The van der Waals surface area contributed by atoms with Gasteiger partial charge in [0.15, 0.2) is 0 Å². The summed E-state index contributed by atoms with van der Waals surface area (Å²) >= 11 is 11.6. The molecule has 0 saturated heterocycles. The van der Waals surface area contributed by atoms with E-state index in [2.05, 4.69) is 4.74 Å². The van der Waals surface area contributed by atoms with Crippen molar-refractivity contribution in [2.75, 3.05) is 6.61 Å². The SMILES string of the molecule is CCOC(=O)C(Cl)(Cl)[C@H](O)c1ccccc1. The third-order valence-electron chi connectivity index (χ3n) is 2.01. The summed E-state index contributed by atoms with van der Waals surface area (Å²) in [4.78, 5) is 11.4. The summed E-state index contributed by atoms with van der Waals surface area (Å²) in [5.74, 6) is -0.852. The molecular weight excluding hydrogens is 251 g/mol. The number of aliphatic hydroxyl groups is 1. The van der Waals surface area contributed by atoms with E-state index in [4.69, 9.17) is 23.2 Å². The Bertz CT molecular complexity index is 352. The standard InChI is InChI=1S/C11H12Cl2O3/c1-2-16-10(15)11(12,13)9(14)8-6-4-3-5-7-8/h3-7,9,14H,2H2,1H3/t9-/m1/s1. The molecule has 1 N–H and O–H groups in total.